The number of carbonyl (C=O) groups is 1. The van der Waals surface area contributed by atoms with Gasteiger partial charge in [0.2, 0.25) is 0 Å². The van der Waals surface area contributed by atoms with E-state index in [1.54, 1.807) is 6.92 Å². The van der Waals surface area contributed by atoms with Gasteiger partial charge in [-0.25, -0.2) is 0 Å². The van der Waals surface area contributed by atoms with Gasteiger partial charge in [0, 0.05) is 18.7 Å². The lowest BCUT2D eigenvalue weighted by atomic mass is 10.1. The number of hydrogen-bond acceptors (Lipinski definition) is 3. The first-order valence-electron chi connectivity index (χ1n) is 5.77. The quantitative estimate of drug-likeness (QED) is 0.847. The topological polar surface area (TPSA) is 49.8 Å². The van der Waals surface area contributed by atoms with E-state index >= 15 is 0 Å². The van der Waals surface area contributed by atoms with E-state index < -0.39 is 12.0 Å². The molecule has 0 saturated heterocycles. The van der Waals surface area contributed by atoms with Crippen LogP contribution < -0.4 is 4.74 Å². The van der Waals surface area contributed by atoms with Crippen molar-refractivity contribution in [3.8, 4) is 5.75 Å². The highest BCUT2D eigenvalue weighted by Gasteiger charge is 2.24. The summed E-state index contributed by atoms with van der Waals surface area (Å²) < 4.78 is 5.63. The molecule has 0 spiro atoms. The van der Waals surface area contributed by atoms with Crippen molar-refractivity contribution in [3.63, 3.8) is 0 Å². The number of nitrogens with zero attached hydrogens (tertiary/aromatic N) is 1. The second-order valence-corrected chi connectivity index (χ2v) is 4.44. The Balaban J connectivity index is 2.24. The van der Waals surface area contributed by atoms with E-state index in [4.69, 9.17) is 9.84 Å². The van der Waals surface area contributed by atoms with Crippen LogP contribution in [0.1, 0.15) is 18.1 Å². The Bertz CT molecular complexity index is 431. The Morgan fingerprint density at radius 3 is 3.00 bits per heavy atom. The number of carboxylic acid groups (broad SMARTS) is 1. The minimum absolute atomic E-state index is 0.481. The molecule has 1 heterocycles. The Labute approximate surface area is 101 Å². The van der Waals surface area contributed by atoms with Gasteiger partial charge in [-0.1, -0.05) is 17.7 Å². The fraction of sp³-hybridized carbons (Fsp3) is 0.462. The van der Waals surface area contributed by atoms with Crippen molar-refractivity contribution in [2.45, 2.75) is 26.4 Å². The van der Waals surface area contributed by atoms with E-state index in [9.17, 15) is 4.79 Å². The van der Waals surface area contributed by atoms with Gasteiger partial charge in [-0.2, -0.15) is 0 Å². The van der Waals surface area contributed by atoms with Crippen molar-refractivity contribution < 1.29 is 14.6 Å². The number of aliphatic carboxylic acids is 1. The van der Waals surface area contributed by atoms with Gasteiger partial charge in [-0.3, -0.25) is 9.69 Å². The molecule has 2 rings (SSSR count). The van der Waals surface area contributed by atoms with Gasteiger partial charge in [0.1, 0.15) is 18.4 Å². The summed E-state index contributed by atoms with van der Waals surface area (Å²) in [5, 5.41) is 9.05. The average Bonchev–Trinajstić information content (AvgIpc) is 2.49. The zero-order valence-corrected chi connectivity index (χ0v) is 10.1. The van der Waals surface area contributed by atoms with Gasteiger partial charge in [0.15, 0.2) is 0 Å². The lowest BCUT2D eigenvalue weighted by Crippen LogP contribution is -2.39. The number of aryl methyl sites for hydroxylation is 1. The Kier molecular flexibility index (Phi) is 3.33. The van der Waals surface area contributed by atoms with Crippen molar-refractivity contribution in [3.05, 3.63) is 29.3 Å². The fourth-order valence-corrected chi connectivity index (χ4v) is 2.03. The third-order valence-electron chi connectivity index (χ3n) is 3.13. The van der Waals surface area contributed by atoms with E-state index in [2.05, 4.69) is 6.07 Å². The molecule has 1 aliphatic rings. The van der Waals surface area contributed by atoms with Gasteiger partial charge in [0.25, 0.3) is 0 Å². The van der Waals surface area contributed by atoms with Gasteiger partial charge in [0.05, 0.1) is 0 Å². The predicted molar refractivity (Wildman–Crippen MR) is 64.2 cm³/mol. The second kappa shape index (κ2) is 4.75. The maximum absolute atomic E-state index is 11.0. The predicted octanol–water partition coefficient (Wildman–Crippen LogP) is 1.66. The van der Waals surface area contributed by atoms with Crippen LogP contribution in [0.3, 0.4) is 0 Å². The molecular weight excluding hydrogens is 218 g/mol. The smallest absolute Gasteiger partial charge is 0.320 e. The summed E-state index contributed by atoms with van der Waals surface area (Å²) in [5.74, 6) is 0.0804. The lowest BCUT2D eigenvalue weighted by molar-refractivity contribution is -0.142. The van der Waals surface area contributed by atoms with E-state index in [0.717, 1.165) is 16.9 Å². The average molecular weight is 235 g/mol. The first-order chi connectivity index (χ1) is 8.08. The van der Waals surface area contributed by atoms with E-state index in [1.165, 1.54) is 0 Å². The van der Waals surface area contributed by atoms with Crippen LogP contribution in [-0.4, -0.2) is 35.2 Å². The molecule has 1 aromatic carbocycles. The van der Waals surface area contributed by atoms with Crippen LogP contribution in [0.15, 0.2) is 18.2 Å². The second-order valence-electron chi connectivity index (χ2n) is 4.44. The van der Waals surface area contributed by atoms with Crippen molar-refractivity contribution in [2.75, 3.05) is 13.2 Å². The first kappa shape index (κ1) is 11.9. The molecule has 0 amide bonds. The van der Waals surface area contributed by atoms with Crippen LogP contribution in [0.25, 0.3) is 0 Å². The van der Waals surface area contributed by atoms with Crippen molar-refractivity contribution in [2.24, 2.45) is 0 Å². The van der Waals surface area contributed by atoms with Gasteiger partial charge < -0.3 is 9.84 Å². The molecule has 1 aliphatic heterocycles. The SMILES string of the molecule is Cc1ccc2c(c1)CN([C@H](C)C(=O)O)CCO2. The number of hydrogen-bond donors (Lipinski definition) is 1. The number of fused-ring (bicyclic) bond motifs is 1. The monoisotopic (exact) mass is 235 g/mol. The molecule has 1 N–H and O–H groups in total. The third kappa shape index (κ3) is 2.58. The molecule has 0 radical (unpaired) electrons. The fourth-order valence-electron chi connectivity index (χ4n) is 2.03. The Morgan fingerprint density at radius 2 is 2.29 bits per heavy atom. The van der Waals surface area contributed by atoms with Crippen LogP contribution in [0.4, 0.5) is 0 Å². The van der Waals surface area contributed by atoms with E-state index in [1.807, 2.05) is 24.0 Å². The normalized spacial score (nSPS) is 17.8. The largest absolute Gasteiger partial charge is 0.492 e. The molecule has 4 heteroatoms. The molecule has 17 heavy (non-hydrogen) atoms. The summed E-state index contributed by atoms with van der Waals surface area (Å²) in [4.78, 5) is 12.9. The van der Waals surface area contributed by atoms with Gasteiger partial charge in [-0.05, 0) is 19.9 Å². The molecule has 0 aromatic heterocycles. The maximum atomic E-state index is 11.0. The standard InChI is InChI=1S/C13H17NO3/c1-9-3-4-12-11(7-9)8-14(5-6-17-12)10(2)13(15)16/h3-4,7,10H,5-6,8H2,1-2H3,(H,15,16)/t10-/m1/s1. The van der Waals surface area contributed by atoms with Crippen molar-refractivity contribution in [1.82, 2.24) is 4.90 Å². The molecule has 1 aromatic rings. The summed E-state index contributed by atoms with van der Waals surface area (Å²) in [7, 11) is 0. The molecule has 0 unspecified atom stereocenters. The van der Waals surface area contributed by atoms with E-state index in [0.29, 0.717) is 19.7 Å². The lowest BCUT2D eigenvalue weighted by Gasteiger charge is -2.23. The van der Waals surface area contributed by atoms with Crippen molar-refractivity contribution in [1.29, 1.82) is 0 Å². The molecule has 0 aliphatic carbocycles. The van der Waals surface area contributed by atoms with Crippen molar-refractivity contribution >= 4 is 5.97 Å². The molecule has 0 fully saturated rings. The van der Waals surface area contributed by atoms with Crippen LogP contribution in [0.2, 0.25) is 0 Å². The van der Waals surface area contributed by atoms with Crippen LogP contribution in [-0.2, 0) is 11.3 Å². The van der Waals surface area contributed by atoms with Crippen LogP contribution in [0.5, 0.6) is 5.75 Å². The minimum Gasteiger partial charge on any atom is -0.492 e. The zero-order valence-electron chi connectivity index (χ0n) is 10.1. The summed E-state index contributed by atoms with van der Waals surface area (Å²) >= 11 is 0. The highest BCUT2D eigenvalue weighted by molar-refractivity contribution is 5.72. The van der Waals surface area contributed by atoms with Crippen LogP contribution >= 0.6 is 0 Å². The number of rotatable bonds is 2. The third-order valence-corrected chi connectivity index (χ3v) is 3.13. The van der Waals surface area contributed by atoms with E-state index in [-0.39, 0.29) is 0 Å². The first-order valence-corrected chi connectivity index (χ1v) is 5.77. The molecule has 1 atom stereocenters. The molecule has 4 nitrogen and oxygen atoms in total. The number of ether oxygens (including phenoxy) is 1. The molecule has 0 saturated carbocycles. The summed E-state index contributed by atoms with van der Waals surface area (Å²) in [5.41, 5.74) is 2.23. The van der Waals surface area contributed by atoms with Gasteiger partial charge in [-0.15, -0.1) is 0 Å². The van der Waals surface area contributed by atoms with Gasteiger partial charge >= 0.3 is 5.97 Å². The molecule has 0 bridgehead atoms. The van der Waals surface area contributed by atoms with Crippen LogP contribution in [0, 0.1) is 6.92 Å². The summed E-state index contributed by atoms with van der Waals surface area (Å²) in [6.07, 6.45) is 0. The minimum atomic E-state index is -0.791. The number of benzene rings is 1. The highest BCUT2D eigenvalue weighted by atomic mass is 16.5. The summed E-state index contributed by atoms with van der Waals surface area (Å²) in [6, 6.07) is 5.54. The highest BCUT2D eigenvalue weighted by Crippen LogP contribution is 2.24. The summed E-state index contributed by atoms with van der Waals surface area (Å²) in [6.45, 7) is 5.54. The molecule has 92 valence electrons. The molecular formula is C13H17NO3. The Hall–Kier alpha value is -1.55. The Morgan fingerprint density at radius 1 is 1.53 bits per heavy atom. The zero-order chi connectivity index (χ0) is 12.4. The number of carboxylic acids is 1. The maximum Gasteiger partial charge on any atom is 0.320 e.